The molecular formula is C13H17N3O3. The van der Waals surface area contributed by atoms with Gasteiger partial charge in [-0.3, -0.25) is 14.9 Å². The van der Waals surface area contributed by atoms with E-state index in [-0.39, 0.29) is 18.3 Å². The van der Waals surface area contributed by atoms with Gasteiger partial charge >= 0.3 is 5.97 Å². The summed E-state index contributed by atoms with van der Waals surface area (Å²) in [6.07, 6.45) is 6.92. The quantitative estimate of drug-likeness (QED) is 0.864. The van der Waals surface area contributed by atoms with Gasteiger partial charge in [0.15, 0.2) is 0 Å². The summed E-state index contributed by atoms with van der Waals surface area (Å²) in [5.41, 5.74) is -0.920. The lowest BCUT2D eigenvalue weighted by atomic mass is 9.71. The molecule has 1 aliphatic rings. The largest absolute Gasteiger partial charge is 0.481 e. The molecule has 1 aromatic heterocycles. The van der Waals surface area contributed by atoms with Crippen LogP contribution in [0.25, 0.3) is 0 Å². The molecule has 1 heterocycles. The fourth-order valence-corrected chi connectivity index (χ4v) is 2.53. The highest BCUT2D eigenvalue weighted by Crippen LogP contribution is 2.39. The maximum Gasteiger partial charge on any atom is 0.310 e. The first-order valence-electron chi connectivity index (χ1n) is 6.43. The molecule has 6 nitrogen and oxygen atoms in total. The fourth-order valence-electron chi connectivity index (χ4n) is 2.53. The minimum absolute atomic E-state index is 0.0133. The molecule has 1 aromatic rings. The molecular weight excluding hydrogens is 246 g/mol. The Labute approximate surface area is 111 Å². The third-order valence-corrected chi connectivity index (χ3v) is 3.58. The number of nitrogens with zero attached hydrogens (tertiary/aromatic N) is 2. The zero-order chi connectivity index (χ0) is 13.7. The molecule has 0 saturated heterocycles. The molecule has 6 heteroatoms. The molecule has 2 N–H and O–H groups in total. The second-order valence-corrected chi connectivity index (χ2v) is 4.94. The Morgan fingerprint density at radius 2 is 1.84 bits per heavy atom. The number of rotatable bonds is 4. The summed E-state index contributed by atoms with van der Waals surface area (Å²) in [5, 5.41) is 11.9. The van der Waals surface area contributed by atoms with Crippen molar-refractivity contribution >= 4 is 17.8 Å². The van der Waals surface area contributed by atoms with Crippen molar-refractivity contribution in [1.29, 1.82) is 0 Å². The van der Waals surface area contributed by atoms with Crippen molar-refractivity contribution in [2.45, 2.75) is 38.5 Å². The van der Waals surface area contributed by atoms with Crippen LogP contribution in [0.3, 0.4) is 0 Å². The maximum atomic E-state index is 11.9. The van der Waals surface area contributed by atoms with Gasteiger partial charge in [-0.1, -0.05) is 19.3 Å². The van der Waals surface area contributed by atoms with Crippen molar-refractivity contribution in [3.05, 3.63) is 18.5 Å². The standard InChI is InChI=1S/C13H17N3O3/c17-10(16-12-14-7-4-8-15-12)9-13(11(18)19)5-2-1-3-6-13/h4,7-8H,1-3,5-6,9H2,(H,18,19)(H,14,15,16,17). The number of carboxylic acid groups (broad SMARTS) is 1. The smallest absolute Gasteiger partial charge is 0.310 e. The van der Waals surface area contributed by atoms with Crippen molar-refractivity contribution in [1.82, 2.24) is 9.97 Å². The molecule has 0 unspecified atom stereocenters. The predicted octanol–water partition coefficient (Wildman–Crippen LogP) is 1.84. The maximum absolute atomic E-state index is 11.9. The van der Waals surface area contributed by atoms with Gasteiger partial charge in [0.2, 0.25) is 11.9 Å². The Bertz CT molecular complexity index is 455. The first-order valence-corrected chi connectivity index (χ1v) is 6.43. The van der Waals surface area contributed by atoms with Gasteiger partial charge < -0.3 is 5.11 Å². The number of anilines is 1. The number of nitrogens with one attached hydrogen (secondary N) is 1. The Hall–Kier alpha value is -1.98. The molecule has 0 radical (unpaired) electrons. The average Bonchev–Trinajstić information content (AvgIpc) is 2.40. The van der Waals surface area contributed by atoms with Crippen LogP contribution in [0.15, 0.2) is 18.5 Å². The van der Waals surface area contributed by atoms with E-state index in [2.05, 4.69) is 15.3 Å². The molecule has 102 valence electrons. The highest BCUT2D eigenvalue weighted by atomic mass is 16.4. The molecule has 0 spiro atoms. The molecule has 1 amide bonds. The SMILES string of the molecule is O=C(CC1(C(=O)O)CCCCC1)Nc1ncccn1. The van der Waals surface area contributed by atoms with Gasteiger partial charge in [0, 0.05) is 18.8 Å². The third-order valence-electron chi connectivity index (χ3n) is 3.58. The monoisotopic (exact) mass is 263 g/mol. The minimum Gasteiger partial charge on any atom is -0.481 e. The Morgan fingerprint density at radius 1 is 1.21 bits per heavy atom. The highest BCUT2D eigenvalue weighted by Gasteiger charge is 2.41. The highest BCUT2D eigenvalue weighted by molar-refractivity contribution is 5.93. The van der Waals surface area contributed by atoms with Crippen LogP contribution in [0.5, 0.6) is 0 Å². The summed E-state index contributed by atoms with van der Waals surface area (Å²) < 4.78 is 0. The van der Waals surface area contributed by atoms with Crippen molar-refractivity contribution in [2.24, 2.45) is 5.41 Å². The van der Waals surface area contributed by atoms with Crippen molar-refractivity contribution in [3.8, 4) is 0 Å². The molecule has 0 atom stereocenters. The van der Waals surface area contributed by atoms with Crippen molar-refractivity contribution in [2.75, 3.05) is 5.32 Å². The fraction of sp³-hybridized carbons (Fsp3) is 0.538. The first-order chi connectivity index (χ1) is 9.12. The Morgan fingerprint density at radius 3 is 2.42 bits per heavy atom. The first kappa shape index (κ1) is 13.5. The molecule has 1 aliphatic carbocycles. The number of aromatic nitrogens is 2. The van der Waals surface area contributed by atoms with Gasteiger partial charge in [-0.05, 0) is 18.9 Å². The Balaban J connectivity index is 2.01. The second kappa shape index (κ2) is 5.77. The number of aliphatic carboxylic acids is 1. The number of amides is 1. The van der Waals surface area contributed by atoms with Crippen LogP contribution >= 0.6 is 0 Å². The molecule has 1 saturated carbocycles. The zero-order valence-corrected chi connectivity index (χ0v) is 10.6. The van der Waals surface area contributed by atoms with Gasteiger partial charge in [-0.15, -0.1) is 0 Å². The van der Waals surface area contributed by atoms with Crippen LogP contribution in [0.1, 0.15) is 38.5 Å². The summed E-state index contributed by atoms with van der Waals surface area (Å²) in [7, 11) is 0. The van der Waals surface area contributed by atoms with E-state index in [4.69, 9.17) is 0 Å². The van der Waals surface area contributed by atoms with E-state index in [1.165, 1.54) is 12.4 Å². The lowest BCUT2D eigenvalue weighted by Crippen LogP contribution is -2.37. The van der Waals surface area contributed by atoms with Crippen LogP contribution in [-0.2, 0) is 9.59 Å². The van der Waals surface area contributed by atoms with E-state index in [9.17, 15) is 14.7 Å². The second-order valence-electron chi connectivity index (χ2n) is 4.94. The number of carbonyl (C=O) groups excluding carboxylic acids is 1. The molecule has 1 fully saturated rings. The van der Waals surface area contributed by atoms with Crippen LogP contribution in [0.4, 0.5) is 5.95 Å². The van der Waals surface area contributed by atoms with E-state index in [0.717, 1.165) is 19.3 Å². The predicted molar refractivity (Wildman–Crippen MR) is 68.4 cm³/mol. The number of hydrogen-bond donors (Lipinski definition) is 2. The topological polar surface area (TPSA) is 92.2 Å². The average molecular weight is 263 g/mol. The number of hydrogen-bond acceptors (Lipinski definition) is 4. The van der Waals surface area contributed by atoms with Crippen LogP contribution in [-0.4, -0.2) is 27.0 Å². The molecule has 2 rings (SSSR count). The van der Waals surface area contributed by atoms with E-state index in [1.54, 1.807) is 6.07 Å². The molecule has 0 bridgehead atoms. The lowest BCUT2D eigenvalue weighted by Gasteiger charge is -2.32. The van der Waals surface area contributed by atoms with Crippen molar-refractivity contribution < 1.29 is 14.7 Å². The van der Waals surface area contributed by atoms with Gasteiger partial charge in [-0.25, -0.2) is 9.97 Å². The number of carbonyl (C=O) groups is 2. The van der Waals surface area contributed by atoms with E-state index in [1.807, 2.05) is 0 Å². The normalized spacial score (nSPS) is 17.7. The van der Waals surface area contributed by atoms with Crippen molar-refractivity contribution in [3.63, 3.8) is 0 Å². The van der Waals surface area contributed by atoms with E-state index < -0.39 is 11.4 Å². The minimum atomic E-state index is -0.920. The third kappa shape index (κ3) is 3.27. The van der Waals surface area contributed by atoms with Gasteiger partial charge in [0.05, 0.1) is 5.41 Å². The molecule has 19 heavy (non-hydrogen) atoms. The number of carboxylic acids is 1. The summed E-state index contributed by atoms with van der Waals surface area (Å²) in [6, 6.07) is 1.65. The van der Waals surface area contributed by atoms with E-state index >= 15 is 0 Å². The summed E-state index contributed by atoms with van der Waals surface area (Å²) in [5.74, 6) is -1.00. The van der Waals surface area contributed by atoms with Crippen LogP contribution in [0.2, 0.25) is 0 Å². The lowest BCUT2D eigenvalue weighted by molar-refractivity contribution is -0.153. The summed E-state index contributed by atoms with van der Waals surface area (Å²) in [4.78, 5) is 31.2. The van der Waals surface area contributed by atoms with Crippen LogP contribution in [0, 0.1) is 5.41 Å². The van der Waals surface area contributed by atoms with Crippen LogP contribution < -0.4 is 5.32 Å². The molecule has 0 aromatic carbocycles. The molecule has 0 aliphatic heterocycles. The van der Waals surface area contributed by atoms with E-state index in [0.29, 0.717) is 12.8 Å². The Kier molecular flexibility index (Phi) is 4.09. The van der Waals surface area contributed by atoms with Gasteiger partial charge in [0.1, 0.15) is 0 Å². The van der Waals surface area contributed by atoms with Gasteiger partial charge in [0.25, 0.3) is 0 Å². The van der Waals surface area contributed by atoms with Gasteiger partial charge in [-0.2, -0.15) is 0 Å². The summed E-state index contributed by atoms with van der Waals surface area (Å²) in [6.45, 7) is 0. The summed E-state index contributed by atoms with van der Waals surface area (Å²) >= 11 is 0. The zero-order valence-electron chi connectivity index (χ0n) is 10.6.